The third kappa shape index (κ3) is 6.15. The molecule has 1 aromatic rings. The Kier molecular flexibility index (Phi) is 7.01. The summed E-state index contributed by atoms with van der Waals surface area (Å²) in [5.74, 6) is -0.307. The van der Waals surface area contributed by atoms with Crippen LogP contribution in [-0.4, -0.2) is 36.3 Å². The molecule has 19 heavy (non-hydrogen) atoms. The summed E-state index contributed by atoms with van der Waals surface area (Å²) in [6, 6.07) is 3.52. The molecule has 0 aliphatic carbocycles. The number of amides is 1. The maximum absolute atomic E-state index is 11.2. The molecule has 1 aromatic heterocycles. The standard InChI is InChI=1S/C13H22N2O3S/c1-9(2)12(13(14)17)15-6-10(16)7-18-8-11-4-3-5-19-11/h3-5,9-10,12,15-16H,6-8H2,1-2H3,(H2,14,17). The zero-order valence-corrected chi connectivity index (χ0v) is 12.2. The van der Waals surface area contributed by atoms with E-state index in [9.17, 15) is 9.90 Å². The van der Waals surface area contributed by atoms with Crippen LogP contribution in [0.3, 0.4) is 0 Å². The fourth-order valence-corrected chi connectivity index (χ4v) is 2.32. The number of rotatable bonds is 9. The van der Waals surface area contributed by atoms with E-state index >= 15 is 0 Å². The third-order valence-corrected chi connectivity index (χ3v) is 3.53. The molecule has 1 heterocycles. The maximum atomic E-state index is 11.2. The number of ether oxygens (including phenoxy) is 1. The molecule has 0 saturated heterocycles. The molecule has 0 radical (unpaired) electrons. The Bertz CT molecular complexity index is 368. The maximum Gasteiger partial charge on any atom is 0.234 e. The molecule has 2 atom stereocenters. The van der Waals surface area contributed by atoms with Gasteiger partial charge in [-0.15, -0.1) is 11.3 Å². The second-order valence-corrected chi connectivity index (χ2v) is 5.81. The highest BCUT2D eigenvalue weighted by molar-refractivity contribution is 7.09. The van der Waals surface area contributed by atoms with E-state index in [2.05, 4.69) is 5.32 Å². The third-order valence-electron chi connectivity index (χ3n) is 2.68. The van der Waals surface area contributed by atoms with E-state index in [1.807, 2.05) is 31.4 Å². The zero-order valence-electron chi connectivity index (χ0n) is 11.3. The van der Waals surface area contributed by atoms with Gasteiger partial charge in [-0.25, -0.2) is 0 Å². The van der Waals surface area contributed by atoms with Gasteiger partial charge in [-0.05, 0) is 17.4 Å². The number of hydrogen-bond donors (Lipinski definition) is 3. The number of hydrogen-bond acceptors (Lipinski definition) is 5. The molecule has 0 bridgehead atoms. The first kappa shape index (κ1) is 16.1. The first-order chi connectivity index (χ1) is 9.00. The van der Waals surface area contributed by atoms with Crippen molar-refractivity contribution in [3.8, 4) is 0 Å². The van der Waals surface area contributed by atoms with Gasteiger partial charge in [-0.2, -0.15) is 0 Å². The fourth-order valence-electron chi connectivity index (χ4n) is 1.68. The van der Waals surface area contributed by atoms with E-state index in [1.54, 1.807) is 11.3 Å². The molecule has 0 saturated carbocycles. The van der Waals surface area contributed by atoms with E-state index in [4.69, 9.17) is 10.5 Å². The van der Waals surface area contributed by atoms with E-state index in [1.165, 1.54) is 0 Å². The van der Waals surface area contributed by atoms with Gasteiger partial charge in [0, 0.05) is 11.4 Å². The van der Waals surface area contributed by atoms with Crippen LogP contribution in [0.2, 0.25) is 0 Å². The van der Waals surface area contributed by atoms with Crippen molar-refractivity contribution in [1.29, 1.82) is 0 Å². The molecule has 6 heteroatoms. The largest absolute Gasteiger partial charge is 0.389 e. The SMILES string of the molecule is CC(C)C(NCC(O)COCc1cccs1)C(N)=O. The second kappa shape index (κ2) is 8.27. The number of aliphatic hydroxyl groups is 1. The molecule has 0 spiro atoms. The summed E-state index contributed by atoms with van der Waals surface area (Å²) in [7, 11) is 0. The van der Waals surface area contributed by atoms with Gasteiger partial charge in [0.1, 0.15) is 0 Å². The Morgan fingerprint density at radius 1 is 1.58 bits per heavy atom. The van der Waals surface area contributed by atoms with Crippen molar-refractivity contribution in [1.82, 2.24) is 5.32 Å². The molecule has 4 N–H and O–H groups in total. The number of aliphatic hydroxyl groups excluding tert-OH is 1. The van der Waals surface area contributed by atoms with Crippen LogP contribution < -0.4 is 11.1 Å². The average molecular weight is 286 g/mol. The number of nitrogens with two attached hydrogens (primary N) is 1. The minimum absolute atomic E-state index is 0.0942. The van der Waals surface area contributed by atoms with Gasteiger partial charge in [-0.1, -0.05) is 19.9 Å². The summed E-state index contributed by atoms with van der Waals surface area (Å²) in [4.78, 5) is 12.3. The molecular weight excluding hydrogens is 264 g/mol. The molecule has 0 fully saturated rings. The first-order valence-electron chi connectivity index (χ1n) is 6.31. The number of carbonyl (C=O) groups excluding carboxylic acids is 1. The zero-order chi connectivity index (χ0) is 14.3. The normalized spacial score (nSPS) is 14.5. The minimum atomic E-state index is -0.652. The Morgan fingerprint density at radius 3 is 2.84 bits per heavy atom. The molecule has 0 aliphatic rings. The van der Waals surface area contributed by atoms with Gasteiger partial charge >= 0.3 is 0 Å². The fraction of sp³-hybridized carbons (Fsp3) is 0.615. The molecule has 1 amide bonds. The van der Waals surface area contributed by atoms with Crippen LogP contribution in [0.1, 0.15) is 18.7 Å². The van der Waals surface area contributed by atoms with Crippen LogP contribution in [0.25, 0.3) is 0 Å². The van der Waals surface area contributed by atoms with Gasteiger partial charge in [-0.3, -0.25) is 4.79 Å². The highest BCUT2D eigenvalue weighted by Gasteiger charge is 2.19. The summed E-state index contributed by atoms with van der Waals surface area (Å²) in [6.07, 6.45) is -0.652. The lowest BCUT2D eigenvalue weighted by Gasteiger charge is -2.21. The lowest BCUT2D eigenvalue weighted by molar-refractivity contribution is -0.121. The number of thiophene rings is 1. The Balaban J connectivity index is 2.19. The topological polar surface area (TPSA) is 84.6 Å². The molecule has 108 valence electrons. The van der Waals surface area contributed by atoms with Gasteiger partial charge in [0.15, 0.2) is 0 Å². The van der Waals surface area contributed by atoms with Crippen LogP contribution in [0.5, 0.6) is 0 Å². The van der Waals surface area contributed by atoms with Crippen molar-refractivity contribution in [3.63, 3.8) is 0 Å². The summed E-state index contributed by atoms with van der Waals surface area (Å²) < 4.78 is 5.40. The molecule has 5 nitrogen and oxygen atoms in total. The van der Waals surface area contributed by atoms with Crippen molar-refractivity contribution in [2.24, 2.45) is 11.7 Å². The van der Waals surface area contributed by atoms with Crippen molar-refractivity contribution < 1.29 is 14.6 Å². The molecular formula is C13H22N2O3S. The Morgan fingerprint density at radius 2 is 2.32 bits per heavy atom. The van der Waals surface area contributed by atoms with Crippen LogP contribution in [-0.2, 0) is 16.1 Å². The highest BCUT2D eigenvalue weighted by atomic mass is 32.1. The van der Waals surface area contributed by atoms with Crippen molar-refractivity contribution in [3.05, 3.63) is 22.4 Å². The quantitative estimate of drug-likeness (QED) is 0.624. The smallest absolute Gasteiger partial charge is 0.234 e. The number of primary amides is 1. The van der Waals surface area contributed by atoms with Crippen LogP contribution in [0.4, 0.5) is 0 Å². The van der Waals surface area contributed by atoms with Gasteiger partial charge in [0.2, 0.25) is 5.91 Å². The summed E-state index contributed by atoms with van der Waals surface area (Å²) >= 11 is 1.62. The lowest BCUT2D eigenvalue weighted by Crippen LogP contribution is -2.48. The van der Waals surface area contributed by atoms with Crippen LogP contribution >= 0.6 is 11.3 Å². The van der Waals surface area contributed by atoms with E-state index in [-0.39, 0.29) is 19.1 Å². The molecule has 2 unspecified atom stereocenters. The van der Waals surface area contributed by atoms with Gasteiger partial charge < -0.3 is 20.9 Å². The van der Waals surface area contributed by atoms with Crippen LogP contribution in [0, 0.1) is 5.92 Å². The highest BCUT2D eigenvalue weighted by Crippen LogP contribution is 2.09. The predicted octanol–water partition coefficient (Wildman–Crippen LogP) is 0.725. The minimum Gasteiger partial charge on any atom is -0.389 e. The van der Waals surface area contributed by atoms with Gasteiger partial charge in [0.05, 0.1) is 25.4 Å². The lowest BCUT2D eigenvalue weighted by atomic mass is 10.0. The van der Waals surface area contributed by atoms with E-state index < -0.39 is 18.1 Å². The monoisotopic (exact) mass is 286 g/mol. The van der Waals surface area contributed by atoms with E-state index in [0.717, 1.165) is 4.88 Å². The predicted molar refractivity (Wildman–Crippen MR) is 75.8 cm³/mol. The summed E-state index contributed by atoms with van der Waals surface area (Å²) in [6.45, 7) is 4.83. The second-order valence-electron chi connectivity index (χ2n) is 4.78. The van der Waals surface area contributed by atoms with Crippen LogP contribution in [0.15, 0.2) is 17.5 Å². The van der Waals surface area contributed by atoms with Crippen molar-refractivity contribution in [2.75, 3.05) is 13.2 Å². The number of nitrogens with one attached hydrogen (secondary N) is 1. The first-order valence-corrected chi connectivity index (χ1v) is 7.19. The average Bonchev–Trinajstić information content (AvgIpc) is 2.81. The van der Waals surface area contributed by atoms with Crippen molar-refractivity contribution >= 4 is 17.2 Å². The number of carbonyl (C=O) groups is 1. The Hall–Kier alpha value is -0.950. The van der Waals surface area contributed by atoms with Crippen molar-refractivity contribution in [2.45, 2.75) is 32.6 Å². The van der Waals surface area contributed by atoms with Gasteiger partial charge in [0.25, 0.3) is 0 Å². The molecule has 1 rings (SSSR count). The Labute approximate surface area is 117 Å². The molecule has 0 aromatic carbocycles. The summed E-state index contributed by atoms with van der Waals surface area (Å²) in [5, 5.41) is 14.7. The molecule has 0 aliphatic heterocycles. The summed E-state index contributed by atoms with van der Waals surface area (Å²) in [5.41, 5.74) is 5.28. The van der Waals surface area contributed by atoms with E-state index in [0.29, 0.717) is 6.61 Å².